The Bertz CT molecular complexity index is 455. The molecule has 2 N–H and O–H groups in total. The predicted octanol–water partition coefficient (Wildman–Crippen LogP) is 4.20. The molecular weight excluding hydrogens is 256 g/mol. The first-order chi connectivity index (χ1) is 10.1. The lowest BCUT2D eigenvalue weighted by Crippen LogP contribution is -2.46. The third-order valence-corrected chi connectivity index (χ3v) is 5.47. The highest BCUT2D eigenvalue weighted by atomic mass is 15.2. The molecule has 2 heteroatoms. The fraction of sp³-hybridized carbons (Fsp3) is 0.684. The SMILES string of the molecule is CCN(C(C)c1ccc(C)c(C)c1)C1CCCCC1CN. The average molecular weight is 288 g/mol. The van der Waals surface area contributed by atoms with Gasteiger partial charge < -0.3 is 5.73 Å². The number of rotatable bonds is 5. The van der Waals surface area contributed by atoms with E-state index in [1.54, 1.807) is 0 Å². The monoisotopic (exact) mass is 288 g/mol. The Balaban J connectivity index is 2.20. The molecule has 1 aromatic rings. The van der Waals surface area contributed by atoms with Crippen LogP contribution in [-0.4, -0.2) is 24.0 Å². The second-order valence-corrected chi connectivity index (χ2v) is 6.70. The summed E-state index contributed by atoms with van der Waals surface area (Å²) in [5.41, 5.74) is 10.3. The van der Waals surface area contributed by atoms with Crippen LogP contribution in [0.15, 0.2) is 18.2 Å². The molecule has 1 aromatic carbocycles. The summed E-state index contributed by atoms with van der Waals surface area (Å²) < 4.78 is 0. The third-order valence-electron chi connectivity index (χ3n) is 5.47. The molecule has 0 aromatic heterocycles. The highest BCUT2D eigenvalue weighted by Crippen LogP contribution is 2.33. The van der Waals surface area contributed by atoms with Gasteiger partial charge in [-0.3, -0.25) is 4.90 Å². The van der Waals surface area contributed by atoms with Crippen LogP contribution >= 0.6 is 0 Å². The maximum absolute atomic E-state index is 6.04. The van der Waals surface area contributed by atoms with Crippen molar-refractivity contribution in [2.75, 3.05) is 13.1 Å². The zero-order valence-corrected chi connectivity index (χ0v) is 14.2. The van der Waals surface area contributed by atoms with Gasteiger partial charge in [0, 0.05) is 12.1 Å². The van der Waals surface area contributed by atoms with Gasteiger partial charge >= 0.3 is 0 Å². The molecule has 1 aliphatic rings. The molecule has 2 nitrogen and oxygen atoms in total. The molecule has 1 fully saturated rings. The third kappa shape index (κ3) is 3.67. The van der Waals surface area contributed by atoms with Gasteiger partial charge in [0.15, 0.2) is 0 Å². The maximum atomic E-state index is 6.04. The van der Waals surface area contributed by atoms with Crippen molar-refractivity contribution < 1.29 is 0 Å². The van der Waals surface area contributed by atoms with E-state index in [0.29, 0.717) is 18.0 Å². The van der Waals surface area contributed by atoms with Crippen LogP contribution in [0.1, 0.15) is 62.3 Å². The van der Waals surface area contributed by atoms with Crippen LogP contribution in [0.25, 0.3) is 0 Å². The average Bonchev–Trinajstić information content (AvgIpc) is 2.51. The van der Waals surface area contributed by atoms with Crippen molar-refractivity contribution in [2.45, 2.75) is 65.5 Å². The second kappa shape index (κ2) is 7.42. The molecular formula is C19H32N2. The number of hydrogen-bond donors (Lipinski definition) is 1. The molecule has 0 saturated heterocycles. The standard InChI is InChI=1S/C19H32N2/c1-5-21(19-9-7-6-8-18(19)13-20)16(4)17-11-10-14(2)15(3)12-17/h10-12,16,18-19H,5-9,13,20H2,1-4H3. The summed E-state index contributed by atoms with van der Waals surface area (Å²) >= 11 is 0. The number of benzene rings is 1. The largest absolute Gasteiger partial charge is 0.330 e. The zero-order valence-electron chi connectivity index (χ0n) is 14.2. The molecule has 0 radical (unpaired) electrons. The van der Waals surface area contributed by atoms with Gasteiger partial charge in [-0.05, 0) is 69.3 Å². The van der Waals surface area contributed by atoms with Crippen molar-refractivity contribution in [3.63, 3.8) is 0 Å². The Labute approximate surface area is 130 Å². The van der Waals surface area contributed by atoms with Crippen LogP contribution in [0.2, 0.25) is 0 Å². The van der Waals surface area contributed by atoms with Gasteiger partial charge in [0.25, 0.3) is 0 Å². The smallest absolute Gasteiger partial charge is 0.0322 e. The molecule has 1 saturated carbocycles. The van der Waals surface area contributed by atoms with Crippen molar-refractivity contribution >= 4 is 0 Å². The topological polar surface area (TPSA) is 29.3 Å². The van der Waals surface area contributed by atoms with E-state index in [1.807, 2.05) is 0 Å². The van der Waals surface area contributed by atoms with Crippen molar-refractivity contribution in [3.05, 3.63) is 34.9 Å². The van der Waals surface area contributed by atoms with Crippen LogP contribution in [0, 0.1) is 19.8 Å². The number of aryl methyl sites for hydroxylation is 2. The first-order valence-electron chi connectivity index (χ1n) is 8.61. The summed E-state index contributed by atoms with van der Waals surface area (Å²) in [4.78, 5) is 2.68. The molecule has 0 bridgehead atoms. The van der Waals surface area contributed by atoms with E-state index in [9.17, 15) is 0 Å². The van der Waals surface area contributed by atoms with Crippen LogP contribution in [0.5, 0.6) is 0 Å². The van der Waals surface area contributed by atoms with Gasteiger partial charge in [0.2, 0.25) is 0 Å². The molecule has 3 unspecified atom stereocenters. The summed E-state index contributed by atoms with van der Waals surface area (Å²) in [6.07, 6.45) is 5.33. The van der Waals surface area contributed by atoms with Gasteiger partial charge in [-0.25, -0.2) is 0 Å². The fourth-order valence-electron chi connectivity index (χ4n) is 3.91. The molecule has 3 atom stereocenters. The Morgan fingerprint density at radius 2 is 1.90 bits per heavy atom. The lowest BCUT2D eigenvalue weighted by atomic mass is 9.82. The second-order valence-electron chi connectivity index (χ2n) is 6.70. The first kappa shape index (κ1) is 16.5. The summed E-state index contributed by atoms with van der Waals surface area (Å²) in [5.74, 6) is 0.674. The molecule has 21 heavy (non-hydrogen) atoms. The van der Waals surface area contributed by atoms with Crippen molar-refractivity contribution in [1.82, 2.24) is 4.90 Å². The minimum atomic E-state index is 0.478. The van der Waals surface area contributed by atoms with Crippen molar-refractivity contribution in [3.8, 4) is 0 Å². The number of nitrogens with two attached hydrogens (primary N) is 1. The number of hydrogen-bond acceptors (Lipinski definition) is 2. The molecule has 2 rings (SSSR count). The van der Waals surface area contributed by atoms with E-state index in [0.717, 1.165) is 13.1 Å². The maximum Gasteiger partial charge on any atom is 0.0322 e. The molecule has 1 aliphatic carbocycles. The highest BCUT2D eigenvalue weighted by molar-refractivity contribution is 5.31. The minimum Gasteiger partial charge on any atom is -0.330 e. The zero-order chi connectivity index (χ0) is 15.4. The Morgan fingerprint density at radius 1 is 1.19 bits per heavy atom. The summed E-state index contributed by atoms with van der Waals surface area (Å²) in [6.45, 7) is 11.0. The van der Waals surface area contributed by atoms with E-state index in [2.05, 4.69) is 50.8 Å². The molecule has 0 heterocycles. The van der Waals surface area contributed by atoms with Crippen LogP contribution in [0.4, 0.5) is 0 Å². The molecule has 0 aliphatic heterocycles. The predicted molar refractivity (Wildman–Crippen MR) is 91.5 cm³/mol. The van der Waals surface area contributed by atoms with Gasteiger partial charge in [-0.2, -0.15) is 0 Å². The van der Waals surface area contributed by atoms with E-state index in [-0.39, 0.29) is 0 Å². The number of nitrogens with zero attached hydrogens (tertiary/aromatic N) is 1. The lowest BCUT2D eigenvalue weighted by molar-refractivity contribution is 0.0769. The van der Waals surface area contributed by atoms with Crippen LogP contribution in [0.3, 0.4) is 0 Å². The summed E-state index contributed by atoms with van der Waals surface area (Å²) in [5, 5.41) is 0. The van der Waals surface area contributed by atoms with E-state index >= 15 is 0 Å². The van der Waals surface area contributed by atoms with Crippen LogP contribution < -0.4 is 5.73 Å². The van der Waals surface area contributed by atoms with Crippen LogP contribution in [-0.2, 0) is 0 Å². The Morgan fingerprint density at radius 3 is 2.52 bits per heavy atom. The van der Waals surface area contributed by atoms with Crippen molar-refractivity contribution in [2.24, 2.45) is 11.7 Å². The highest BCUT2D eigenvalue weighted by Gasteiger charge is 2.31. The molecule has 0 spiro atoms. The summed E-state index contributed by atoms with van der Waals surface area (Å²) in [6, 6.07) is 8.06. The Hall–Kier alpha value is -0.860. The van der Waals surface area contributed by atoms with E-state index in [1.165, 1.54) is 42.4 Å². The van der Waals surface area contributed by atoms with E-state index in [4.69, 9.17) is 5.73 Å². The molecule has 0 amide bonds. The Kier molecular flexibility index (Phi) is 5.83. The van der Waals surface area contributed by atoms with Gasteiger partial charge in [0.1, 0.15) is 0 Å². The van der Waals surface area contributed by atoms with Gasteiger partial charge in [-0.1, -0.05) is 38.0 Å². The quantitative estimate of drug-likeness (QED) is 0.879. The van der Waals surface area contributed by atoms with Gasteiger partial charge in [0.05, 0.1) is 0 Å². The normalized spacial score (nSPS) is 24.3. The fourth-order valence-corrected chi connectivity index (χ4v) is 3.91. The van der Waals surface area contributed by atoms with Gasteiger partial charge in [-0.15, -0.1) is 0 Å². The summed E-state index contributed by atoms with van der Waals surface area (Å²) in [7, 11) is 0. The van der Waals surface area contributed by atoms with E-state index < -0.39 is 0 Å². The lowest BCUT2D eigenvalue weighted by Gasteiger charge is -2.42. The van der Waals surface area contributed by atoms with Crippen molar-refractivity contribution in [1.29, 1.82) is 0 Å². The molecule has 118 valence electrons. The first-order valence-corrected chi connectivity index (χ1v) is 8.61. The minimum absolute atomic E-state index is 0.478.